The lowest BCUT2D eigenvalue weighted by atomic mass is 9.73. The van der Waals surface area contributed by atoms with Crippen LogP contribution in [0.2, 0.25) is 0 Å². The van der Waals surface area contributed by atoms with Gasteiger partial charge in [-0.15, -0.1) is 0 Å². The van der Waals surface area contributed by atoms with Gasteiger partial charge in [-0.1, -0.05) is 36.4 Å². The number of ether oxygens (including phenoxy) is 1. The van der Waals surface area contributed by atoms with Crippen molar-refractivity contribution in [1.82, 2.24) is 10.2 Å². The molecule has 2 bridgehead atoms. The van der Waals surface area contributed by atoms with Crippen molar-refractivity contribution in [1.29, 1.82) is 0 Å². The van der Waals surface area contributed by atoms with Crippen LogP contribution in [-0.2, 0) is 19.2 Å². The third-order valence-electron chi connectivity index (χ3n) is 7.26. The van der Waals surface area contributed by atoms with Crippen molar-refractivity contribution in [3.8, 4) is 5.75 Å². The molecule has 3 heterocycles. The van der Waals surface area contributed by atoms with Gasteiger partial charge in [0.2, 0.25) is 23.6 Å². The van der Waals surface area contributed by atoms with Crippen LogP contribution in [0.5, 0.6) is 5.75 Å². The molecule has 0 aliphatic carbocycles. The first-order valence-corrected chi connectivity index (χ1v) is 11.8. The molecule has 0 radical (unpaired) electrons. The molecule has 4 amide bonds. The molecule has 9 nitrogen and oxygen atoms in total. The number of para-hydroxylation sites is 2. The molecule has 0 unspecified atom stereocenters. The second kappa shape index (κ2) is 8.72. The fraction of sp³-hybridized carbons (Fsp3) is 0.385. The number of fused-ring (bicyclic) bond motifs is 4. The van der Waals surface area contributed by atoms with Crippen molar-refractivity contribution in [3.05, 3.63) is 60.2 Å². The van der Waals surface area contributed by atoms with E-state index in [4.69, 9.17) is 10.5 Å². The maximum absolute atomic E-state index is 13.4. The number of piperidine rings is 1. The molecule has 2 saturated heterocycles. The van der Waals surface area contributed by atoms with Gasteiger partial charge in [0.25, 0.3) is 0 Å². The van der Waals surface area contributed by atoms with Gasteiger partial charge in [0, 0.05) is 44.1 Å². The first-order valence-electron chi connectivity index (χ1n) is 11.8. The number of anilines is 1. The van der Waals surface area contributed by atoms with E-state index in [0.29, 0.717) is 18.7 Å². The van der Waals surface area contributed by atoms with Crippen LogP contribution in [0.4, 0.5) is 5.69 Å². The Kier molecular flexibility index (Phi) is 5.70. The quantitative estimate of drug-likeness (QED) is 0.610. The molecule has 182 valence electrons. The van der Waals surface area contributed by atoms with E-state index < -0.39 is 29.4 Å². The zero-order valence-corrected chi connectivity index (χ0v) is 19.5. The van der Waals surface area contributed by atoms with Gasteiger partial charge in [-0.2, -0.15) is 0 Å². The van der Waals surface area contributed by atoms with Crippen molar-refractivity contribution in [3.63, 3.8) is 0 Å². The van der Waals surface area contributed by atoms with Crippen LogP contribution in [0.3, 0.4) is 0 Å². The van der Waals surface area contributed by atoms with Crippen LogP contribution in [0, 0.1) is 11.8 Å². The maximum Gasteiger partial charge on any atom is 0.238 e. The number of nitrogens with one attached hydrogen (secondary N) is 1. The predicted octanol–water partition coefficient (Wildman–Crippen LogP) is 1.38. The molecule has 5 rings (SSSR count). The van der Waals surface area contributed by atoms with Crippen molar-refractivity contribution in [2.45, 2.75) is 31.4 Å². The minimum absolute atomic E-state index is 0.0975. The monoisotopic (exact) mass is 476 g/mol. The van der Waals surface area contributed by atoms with Gasteiger partial charge in [-0.25, -0.2) is 0 Å². The predicted molar refractivity (Wildman–Crippen MR) is 127 cm³/mol. The molecular weight excluding hydrogens is 448 g/mol. The Balaban J connectivity index is 1.26. The number of nitrogens with two attached hydrogens (primary N) is 1. The average molecular weight is 477 g/mol. The molecule has 3 N–H and O–H groups in total. The van der Waals surface area contributed by atoms with Gasteiger partial charge in [0.15, 0.2) is 5.72 Å². The molecule has 3 aliphatic heterocycles. The number of likely N-dealkylation sites (tertiary alicyclic amines) is 1. The SMILES string of the molecule is C[C@@]12C[C@@H](c3ccccc3O1)[C@@H](C(N)=O)C(=O)N2CCNC(=O)[C@H]1CC(=O)N(c2ccccc2)C1. The third kappa shape index (κ3) is 4.00. The molecule has 2 aromatic carbocycles. The largest absolute Gasteiger partial charge is 0.468 e. The van der Waals surface area contributed by atoms with Gasteiger partial charge < -0.3 is 25.6 Å². The zero-order valence-electron chi connectivity index (χ0n) is 19.5. The lowest BCUT2D eigenvalue weighted by molar-refractivity contribution is -0.175. The fourth-order valence-corrected chi connectivity index (χ4v) is 5.55. The highest BCUT2D eigenvalue weighted by molar-refractivity contribution is 6.02. The number of carbonyl (C=O) groups excluding carboxylic acids is 4. The number of carbonyl (C=O) groups is 4. The number of rotatable bonds is 6. The van der Waals surface area contributed by atoms with E-state index in [1.54, 1.807) is 4.90 Å². The first kappa shape index (κ1) is 22.9. The molecular formula is C26H28N4O5. The summed E-state index contributed by atoms with van der Waals surface area (Å²) in [6.45, 7) is 2.45. The summed E-state index contributed by atoms with van der Waals surface area (Å²) in [5.41, 5.74) is 6.27. The van der Waals surface area contributed by atoms with Crippen molar-refractivity contribution in [2.75, 3.05) is 24.5 Å². The summed E-state index contributed by atoms with van der Waals surface area (Å²) < 4.78 is 6.22. The molecule has 9 heteroatoms. The number of hydrogen-bond acceptors (Lipinski definition) is 5. The highest BCUT2D eigenvalue weighted by Crippen LogP contribution is 2.49. The number of benzene rings is 2. The topological polar surface area (TPSA) is 122 Å². The summed E-state index contributed by atoms with van der Waals surface area (Å²) in [6.07, 6.45) is 0.562. The second-order valence-electron chi connectivity index (χ2n) is 9.53. The zero-order chi connectivity index (χ0) is 24.7. The molecule has 0 spiro atoms. The minimum atomic E-state index is -0.990. The summed E-state index contributed by atoms with van der Waals surface area (Å²) >= 11 is 0. The molecule has 3 aliphatic rings. The Hall–Kier alpha value is -3.88. The van der Waals surface area contributed by atoms with Gasteiger partial charge in [-0.05, 0) is 30.7 Å². The van der Waals surface area contributed by atoms with E-state index in [1.807, 2.05) is 61.5 Å². The average Bonchev–Trinajstić information content (AvgIpc) is 3.23. The third-order valence-corrected chi connectivity index (χ3v) is 7.26. The van der Waals surface area contributed by atoms with E-state index >= 15 is 0 Å². The molecule has 4 atom stereocenters. The molecule has 0 saturated carbocycles. The number of primary amides is 1. The lowest BCUT2D eigenvalue weighted by Gasteiger charge is -2.52. The van der Waals surface area contributed by atoms with Crippen molar-refractivity contribution in [2.24, 2.45) is 17.6 Å². The number of amides is 4. The van der Waals surface area contributed by atoms with Crippen LogP contribution in [0.15, 0.2) is 54.6 Å². The van der Waals surface area contributed by atoms with E-state index in [9.17, 15) is 19.2 Å². The summed E-state index contributed by atoms with van der Waals surface area (Å²) in [7, 11) is 0. The standard InChI is InChI=1S/C26H28N4O5/c1-26-14-19(18-9-5-6-10-20(18)35-26)22(23(27)32)25(34)30(26)12-11-28-24(33)16-13-21(31)29(15-16)17-7-3-2-4-8-17/h2-10,16,19,22H,11-15H2,1H3,(H2,27,32)(H,28,33)/t16-,19-,22-,26-/m0/s1. The van der Waals surface area contributed by atoms with Crippen molar-refractivity contribution < 1.29 is 23.9 Å². The Morgan fingerprint density at radius 1 is 1.11 bits per heavy atom. The number of hydrogen-bond donors (Lipinski definition) is 2. The second-order valence-corrected chi connectivity index (χ2v) is 9.53. The van der Waals surface area contributed by atoms with Crippen LogP contribution < -0.4 is 20.7 Å². The molecule has 2 fully saturated rings. The van der Waals surface area contributed by atoms with E-state index in [2.05, 4.69) is 5.32 Å². The van der Waals surface area contributed by atoms with Crippen LogP contribution in [0.1, 0.15) is 31.2 Å². The molecule has 0 aromatic heterocycles. The van der Waals surface area contributed by atoms with Crippen LogP contribution >= 0.6 is 0 Å². The maximum atomic E-state index is 13.4. The van der Waals surface area contributed by atoms with Gasteiger partial charge in [-0.3, -0.25) is 19.2 Å². The highest BCUT2D eigenvalue weighted by Gasteiger charge is 2.55. The Bertz CT molecular complexity index is 1190. The van der Waals surface area contributed by atoms with E-state index in [0.717, 1.165) is 11.3 Å². The Labute approximate surface area is 203 Å². The Morgan fingerprint density at radius 3 is 2.57 bits per heavy atom. The van der Waals surface area contributed by atoms with Gasteiger partial charge in [0.05, 0.1) is 5.92 Å². The van der Waals surface area contributed by atoms with Crippen LogP contribution in [0.25, 0.3) is 0 Å². The first-order chi connectivity index (χ1) is 16.8. The van der Waals surface area contributed by atoms with Crippen LogP contribution in [-0.4, -0.2) is 53.9 Å². The van der Waals surface area contributed by atoms with Gasteiger partial charge >= 0.3 is 0 Å². The Morgan fingerprint density at radius 2 is 1.83 bits per heavy atom. The van der Waals surface area contributed by atoms with Crippen molar-refractivity contribution >= 4 is 29.3 Å². The van der Waals surface area contributed by atoms with E-state index in [-0.39, 0.29) is 37.2 Å². The normalized spacial score (nSPS) is 27.3. The summed E-state index contributed by atoms with van der Waals surface area (Å²) in [6, 6.07) is 16.6. The molecule has 2 aromatic rings. The smallest absolute Gasteiger partial charge is 0.238 e. The van der Waals surface area contributed by atoms with Gasteiger partial charge in [0.1, 0.15) is 11.7 Å². The minimum Gasteiger partial charge on any atom is -0.468 e. The summed E-state index contributed by atoms with van der Waals surface area (Å²) in [5, 5.41) is 2.86. The lowest BCUT2D eigenvalue weighted by Crippen LogP contribution is -2.65. The summed E-state index contributed by atoms with van der Waals surface area (Å²) in [4.78, 5) is 54.0. The number of nitrogens with zero attached hydrogens (tertiary/aromatic N) is 2. The molecule has 35 heavy (non-hydrogen) atoms. The van der Waals surface area contributed by atoms with E-state index in [1.165, 1.54) is 4.90 Å². The fourth-order valence-electron chi connectivity index (χ4n) is 5.55. The highest BCUT2D eigenvalue weighted by atomic mass is 16.5. The summed E-state index contributed by atoms with van der Waals surface area (Å²) in [5.74, 6) is -2.60.